The molecule has 2 rings (SSSR count). The minimum absolute atomic E-state index is 0.314. The first-order valence-electron chi connectivity index (χ1n) is 5.45. The van der Waals surface area contributed by atoms with E-state index >= 15 is 0 Å². The molecule has 0 aromatic carbocycles. The van der Waals surface area contributed by atoms with Crippen molar-refractivity contribution >= 4 is 12.9 Å². The predicted octanol–water partition coefficient (Wildman–Crippen LogP) is 0.453. The van der Waals surface area contributed by atoms with Crippen LogP contribution >= 0.6 is 0 Å². The average molecular weight is 223 g/mol. The molecule has 4 nitrogen and oxygen atoms in total. The molecular formula is C10H15BFN3O. The molecule has 1 aliphatic heterocycles. The summed E-state index contributed by atoms with van der Waals surface area (Å²) in [6, 6.07) is 3.11. The van der Waals surface area contributed by atoms with E-state index < -0.39 is 7.05 Å². The summed E-state index contributed by atoms with van der Waals surface area (Å²) in [7, 11) is -0.400. The maximum atomic E-state index is 12.7. The first-order chi connectivity index (χ1) is 7.66. The van der Waals surface area contributed by atoms with Gasteiger partial charge in [-0.1, -0.05) is 0 Å². The third kappa shape index (κ3) is 2.51. The summed E-state index contributed by atoms with van der Waals surface area (Å²) < 4.78 is 12.7. The maximum Gasteiger partial charge on any atom is 0.376 e. The highest BCUT2D eigenvalue weighted by molar-refractivity contribution is 6.45. The van der Waals surface area contributed by atoms with Gasteiger partial charge in [0.1, 0.15) is 11.6 Å². The van der Waals surface area contributed by atoms with Crippen molar-refractivity contribution in [2.45, 2.75) is 6.82 Å². The number of hydrogen-bond acceptors (Lipinski definition) is 4. The molecule has 16 heavy (non-hydrogen) atoms. The molecule has 1 saturated heterocycles. The van der Waals surface area contributed by atoms with Crippen molar-refractivity contribution in [3.63, 3.8) is 0 Å². The van der Waals surface area contributed by atoms with Crippen molar-refractivity contribution in [3.05, 3.63) is 24.1 Å². The van der Waals surface area contributed by atoms with Crippen LogP contribution in [0.15, 0.2) is 18.3 Å². The molecular weight excluding hydrogens is 208 g/mol. The van der Waals surface area contributed by atoms with Gasteiger partial charge in [-0.3, -0.25) is 0 Å². The van der Waals surface area contributed by atoms with Crippen LogP contribution in [0.5, 0.6) is 0 Å². The lowest BCUT2D eigenvalue weighted by atomic mass is 9.84. The zero-order chi connectivity index (χ0) is 11.5. The summed E-state index contributed by atoms with van der Waals surface area (Å²) in [6.45, 7) is 4.99. The Morgan fingerprint density at radius 2 is 2.00 bits per heavy atom. The topological polar surface area (TPSA) is 39.6 Å². The molecule has 2 heterocycles. The molecule has 1 aromatic rings. The van der Waals surface area contributed by atoms with E-state index in [0.717, 1.165) is 32.0 Å². The van der Waals surface area contributed by atoms with E-state index in [2.05, 4.69) is 9.88 Å². The Morgan fingerprint density at radius 1 is 1.31 bits per heavy atom. The quantitative estimate of drug-likeness (QED) is 0.739. The minimum atomic E-state index is -0.400. The van der Waals surface area contributed by atoms with Gasteiger partial charge in [-0.25, -0.2) is 9.37 Å². The van der Waals surface area contributed by atoms with Gasteiger partial charge >= 0.3 is 7.05 Å². The number of piperazine rings is 1. The fourth-order valence-corrected chi connectivity index (χ4v) is 1.88. The molecule has 0 aliphatic carbocycles. The summed E-state index contributed by atoms with van der Waals surface area (Å²) in [5.41, 5.74) is 0. The maximum absolute atomic E-state index is 12.7. The van der Waals surface area contributed by atoms with E-state index in [1.165, 1.54) is 12.3 Å². The van der Waals surface area contributed by atoms with E-state index in [9.17, 15) is 9.41 Å². The molecule has 86 valence electrons. The Kier molecular flexibility index (Phi) is 3.41. The number of rotatable bonds is 2. The van der Waals surface area contributed by atoms with Crippen LogP contribution in [-0.2, 0) is 0 Å². The Hall–Kier alpha value is -1.14. The lowest BCUT2D eigenvalue weighted by molar-refractivity contribution is 0.344. The fourth-order valence-electron chi connectivity index (χ4n) is 1.88. The van der Waals surface area contributed by atoms with E-state index in [1.54, 1.807) is 12.9 Å². The van der Waals surface area contributed by atoms with Gasteiger partial charge in [-0.15, -0.1) is 0 Å². The number of halogens is 1. The number of hydrogen-bond donors (Lipinski definition) is 1. The molecule has 0 radical (unpaired) electrons. The smallest absolute Gasteiger partial charge is 0.376 e. The van der Waals surface area contributed by atoms with Gasteiger partial charge in [0.25, 0.3) is 0 Å². The van der Waals surface area contributed by atoms with Gasteiger partial charge in [0.2, 0.25) is 0 Å². The zero-order valence-corrected chi connectivity index (χ0v) is 9.30. The van der Waals surface area contributed by atoms with E-state index in [4.69, 9.17) is 0 Å². The third-order valence-electron chi connectivity index (χ3n) is 2.88. The third-order valence-corrected chi connectivity index (χ3v) is 2.88. The molecule has 6 heteroatoms. The first-order valence-corrected chi connectivity index (χ1v) is 5.45. The lowest BCUT2D eigenvalue weighted by Crippen LogP contribution is -2.51. The van der Waals surface area contributed by atoms with Crippen LogP contribution in [0, 0.1) is 5.82 Å². The first kappa shape index (κ1) is 11.4. The van der Waals surface area contributed by atoms with Crippen LogP contribution in [0.3, 0.4) is 0 Å². The Morgan fingerprint density at radius 3 is 2.50 bits per heavy atom. The summed E-state index contributed by atoms with van der Waals surface area (Å²) in [6.07, 6.45) is 1.23. The monoisotopic (exact) mass is 223 g/mol. The van der Waals surface area contributed by atoms with Crippen molar-refractivity contribution < 1.29 is 9.41 Å². The molecule has 1 fully saturated rings. The van der Waals surface area contributed by atoms with E-state index in [0.29, 0.717) is 0 Å². The highest BCUT2D eigenvalue weighted by Gasteiger charge is 2.22. The minimum Gasteiger partial charge on any atom is -0.437 e. The molecule has 0 unspecified atom stereocenters. The second-order valence-electron chi connectivity index (χ2n) is 3.99. The molecule has 1 aliphatic rings. The number of pyridine rings is 1. The van der Waals surface area contributed by atoms with Gasteiger partial charge in [0.05, 0.1) is 6.20 Å². The van der Waals surface area contributed by atoms with Crippen molar-refractivity contribution in [1.29, 1.82) is 0 Å². The number of anilines is 1. The standard InChI is InChI=1S/C10H15BFN3O/c1-11(16)15-6-4-14(5-7-15)10-3-2-9(12)8-13-10/h2-3,8,16H,4-7H2,1H3. The zero-order valence-electron chi connectivity index (χ0n) is 9.30. The van der Waals surface area contributed by atoms with Gasteiger partial charge < -0.3 is 14.7 Å². The molecule has 0 atom stereocenters. The largest absolute Gasteiger partial charge is 0.437 e. The SMILES string of the molecule is CB(O)N1CCN(c2ccc(F)cn2)CC1. The van der Waals surface area contributed by atoms with E-state index in [1.807, 2.05) is 4.81 Å². The molecule has 0 spiro atoms. The van der Waals surface area contributed by atoms with Crippen molar-refractivity contribution in [2.24, 2.45) is 0 Å². The second kappa shape index (κ2) is 4.80. The van der Waals surface area contributed by atoms with Crippen LogP contribution in [0.25, 0.3) is 0 Å². The van der Waals surface area contributed by atoms with Crippen molar-refractivity contribution in [1.82, 2.24) is 9.79 Å². The normalized spacial score (nSPS) is 17.6. The number of aromatic nitrogens is 1. The fraction of sp³-hybridized carbons (Fsp3) is 0.500. The van der Waals surface area contributed by atoms with Gasteiger partial charge in [0.15, 0.2) is 0 Å². The Labute approximate surface area is 94.8 Å². The molecule has 1 aromatic heterocycles. The molecule has 0 amide bonds. The van der Waals surface area contributed by atoms with Gasteiger partial charge in [-0.05, 0) is 19.0 Å². The summed E-state index contributed by atoms with van der Waals surface area (Å²) >= 11 is 0. The van der Waals surface area contributed by atoms with Crippen LogP contribution < -0.4 is 4.90 Å². The highest BCUT2D eigenvalue weighted by Crippen LogP contribution is 2.13. The van der Waals surface area contributed by atoms with Crippen LogP contribution in [0.1, 0.15) is 0 Å². The van der Waals surface area contributed by atoms with E-state index in [-0.39, 0.29) is 5.82 Å². The summed E-state index contributed by atoms with van der Waals surface area (Å²) in [5, 5.41) is 9.41. The predicted molar refractivity (Wildman–Crippen MR) is 61.8 cm³/mol. The van der Waals surface area contributed by atoms with Crippen molar-refractivity contribution in [2.75, 3.05) is 31.1 Å². The summed E-state index contributed by atoms with van der Waals surface area (Å²) in [5.74, 6) is 0.484. The van der Waals surface area contributed by atoms with Crippen LogP contribution in [-0.4, -0.2) is 48.0 Å². The second-order valence-corrected chi connectivity index (χ2v) is 3.99. The average Bonchev–Trinajstić information content (AvgIpc) is 2.30. The van der Waals surface area contributed by atoms with Crippen LogP contribution in [0.2, 0.25) is 6.82 Å². The van der Waals surface area contributed by atoms with Gasteiger partial charge in [0, 0.05) is 26.2 Å². The lowest BCUT2D eigenvalue weighted by Gasteiger charge is -2.35. The van der Waals surface area contributed by atoms with Crippen molar-refractivity contribution in [3.8, 4) is 0 Å². The summed E-state index contributed by atoms with van der Waals surface area (Å²) in [4.78, 5) is 8.14. The van der Waals surface area contributed by atoms with Crippen LogP contribution in [0.4, 0.5) is 10.2 Å². The number of nitrogens with zero attached hydrogens (tertiary/aromatic N) is 3. The Balaban J connectivity index is 1.96. The Bertz CT molecular complexity index is 338. The molecule has 0 bridgehead atoms. The van der Waals surface area contributed by atoms with Gasteiger partial charge in [-0.2, -0.15) is 0 Å². The highest BCUT2D eigenvalue weighted by atomic mass is 19.1. The molecule has 0 saturated carbocycles. The molecule has 1 N–H and O–H groups in total.